The number of hydrogen-bond acceptors (Lipinski definition) is 5. The highest BCUT2D eigenvalue weighted by Gasteiger charge is 2.40. The maximum atomic E-state index is 11.9. The van der Waals surface area contributed by atoms with Crippen molar-refractivity contribution in [2.75, 3.05) is 6.61 Å². The van der Waals surface area contributed by atoms with Gasteiger partial charge in [0.25, 0.3) is 0 Å². The SMILES string of the molecule is O=C1NC2NC=CC2=CN1[C@H]1CC(O)C(CO)O1. The van der Waals surface area contributed by atoms with E-state index in [-0.39, 0.29) is 18.8 Å². The van der Waals surface area contributed by atoms with Crippen molar-refractivity contribution in [2.24, 2.45) is 0 Å². The van der Waals surface area contributed by atoms with Gasteiger partial charge in [-0.05, 0) is 12.3 Å². The third-order valence-electron chi connectivity index (χ3n) is 3.36. The molecule has 1 fully saturated rings. The van der Waals surface area contributed by atoms with Gasteiger partial charge in [-0.2, -0.15) is 0 Å². The van der Waals surface area contributed by atoms with Crippen molar-refractivity contribution >= 4 is 6.03 Å². The molecule has 7 heteroatoms. The first-order valence-electron chi connectivity index (χ1n) is 5.86. The standard InChI is InChI=1S/C11H15N3O4/c15-5-8-7(16)3-9(18-8)14-4-6-1-2-12-10(6)13-11(14)17/h1-2,4,7-10,12,15-16H,3,5H2,(H,13,17)/t7?,8?,9-,10?/m1/s1. The summed E-state index contributed by atoms with van der Waals surface area (Å²) >= 11 is 0. The fraction of sp³-hybridized carbons (Fsp3) is 0.545. The number of aliphatic hydroxyl groups is 2. The van der Waals surface area contributed by atoms with Crippen LogP contribution < -0.4 is 10.6 Å². The van der Waals surface area contributed by atoms with Crippen LogP contribution in [0.25, 0.3) is 0 Å². The number of urea groups is 1. The summed E-state index contributed by atoms with van der Waals surface area (Å²) in [5.41, 5.74) is 0.931. The molecule has 0 saturated carbocycles. The van der Waals surface area contributed by atoms with E-state index in [1.165, 1.54) is 4.90 Å². The van der Waals surface area contributed by atoms with Gasteiger partial charge in [-0.3, -0.25) is 4.90 Å². The molecule has 18 heavy (non-hydrogen) atoms. The van der Waals surface area contributed by atoms with Crippen molar-refractivity contribution < 1.29 is 19.7 Å². The predicted molar refractivity (Wildman–Crippen MR) is 60.9 cm³/mol. The van der Waals surface area contributed by atoms with Crippen LogP contribution in [0.5, 0.6) is 0 Å². The van der Waals surface area contributed by atoms with Gasteiger partial charge in [-0.1, -0.05) is 0 Å². The van der Waals surface area contributed by atoms with Crippen LogP contribution in [0.15, 0.2) is 24.0 Å². The van der Waals surface area contributed by atoms with E-state index in [0.29, 0.717) is 6.42 Å². The molecule has 3 heterocycles. The molecule has 0 aliphatic carbocycles. The van der Waals surface area contributed by atoms with Crippen molar-refractivity contribution in [3.8, 4) is 0 Å². The molecule has 3 unspecified atom stereocenters. The van der Waals surface area contributed by atoms with Crippen LogP contribution in [-0.2, 0) is 4.74 Å². The molecule has 1 saturated heterocycles. The lowest BCUT2D eigenvalue weighted by Gasteiger charge is -2.32. The number of carbonyl (C=O) groups excluding carboxylic acids is 1. The van der Waals surface area contributed by atoms with Crippen LogP contribution in [0, 0.1) is 0 Å². The van der Waals surface area contributed by atoms with Crippen LogP contribution in [0.4, 0.5) is 4.79 Å². The monoisotopic (exact) mass is 253 g/mol. The lowest BCUT2D eigenvalue weighted by Crippen LogP contribution is -2.53. The van der Waals surface area contributed by atoms with Gasteiger partial charge < -0.3 is 25.6 Å². The largest absolute Gasteiger partial charge is 0.394 e. The van der Waals surface area contributed by atoms with E-state index in [1.54, 1.807) is 12.4 Å². The fourth-order valence-electron chi connectivity index (χ4n) is 2.36. The van der Waals surface area contributed by atoms with Crippen LogP contribution in [0.1, 0.15) is 6.42 Å². The molecule has 0 aromatic rings. The highest BCUT2D eigenvalue weighted by atomic mass is 16.5. The Kier molecular flexibility index (Phi) is 2.73. The molecule has 0 radical (unpaired) electrons. The second-order valence-corrected chi connectivity index (χ2v) is 4.53. The molecule has 0 spiro atoms. The van der Waals surface area contributed by atoms with Crippen molar-refractivity contribution in [1.82, 2.24) is 15.5 Å². The lowest BCUT2D eigenvalue weighted by atomic mass is 10.1. The molecule has 0 aromatic carbocycles. The van der Waals surface area contributed by atoms with E-state index in [0.717, 1.165) is 5.57 Å². The van der Waals surface area contributed by atoms with Gasteiger partial charge in [0.05, 0.1) is 12.7 Å². The summed E-state index contributed by atoms with van der Waals surface area (Å²) in [6.45, 7) is -0.256. The lowest BCUT2D eigenvalue weighted by molar-refractivity contribution is -0.0544. The van der Waals surface area contributed by atoms with Gasteiger partial charge in [0, 0.05) is 18.2 Å². The Morgan fingerprint density at radius 2 is 2.39 bits per heavy atom. The summed E-state index contributed by atoms with van der Waals surface area (Å²) in [6.07, 6.45) is 3.53. The van der Waals surface area contributed by atoms with E-state index in [9.17, 15) is 9.90 Å². The zero-order valence-electron chi connectivity index (χ0n) is 9.61. The van der Waals surface area contributed by atoms with Crippen molar-refractivity contribution in [2.45, 2.75) is 31.0 Å². The normalized spacial score (nSPS) is 38.2. The summed E-state index contributed by atoms with van der Waals surface area (Å²) in [4.78, 5) is 13.3. The van der Waals surface area contributed by atoms with Gasteiger partial charge in [0.1, 0.15) is 18.5 Å². The number of ether oxygens (including phenoxy) is 1. The highest BCUT2D eigenvalue weighted by molar-refractivity contribution is 5.78. The first-order chi connectivity index (χ1) is 8.69. The predicted octanol–water partition coefficient (Wildman–Crippen LogP) is -1.19. The van der Waals surface area contributed by atoms with Gasteiger partial charge in [0.15, 0.2) is 0 Å². The number of nitrogens with zero attached hydrogens (tertiary/aromatic N) is 1. The Balaban J connectivity index is 1.78. The van der Waals surface area contributed by atoms with Crippen molar-refractivity contribution in [1.29, 1.82) is 0 Å². The summed E-state index contributed by atoms with van der Waals surface area (Å²) < 4.78 is 5.46. The number of nitrogens with one attached hydrogen (secondary N) is 2. The topological polar surface area (TPSA) is 94.1 Å². The van der Waals surface area contributed by atoms with Crippen molar-refractivity contribution in [3.63, 3.8) is 0 Å². The summed E-state index contributed by atoms with van der Waals surface area (Å²) in [6, 6.07) is -0.282. The number of hydrogen-bond donors (Lipinski definition) is 4. The van der Waals surface area contributed by atoms with Crippen LogP contribution in [0.2, 0.25) is 0 Å². The zero-order chi connectivity index (χ0) is 12.7. The summed E-state index contributed by atoms with van der Waals surface area (Å²) in [7, 11) is 0. The Morgan fingerprint density at radius 3 is 3.11 bits per heavy atom. The number of carbonyl (C=O) groups is 1. The van der Waals surface area contributed by atoms with Gasteiger partial charge >= 0.3 is 6.03 Å². The van der Waals surface area contributed by atoms with Crippen LogP contribution in [-0.4, -0.2) is 52.4 Å². The molecular weight excluding hydrogens is 238 g/mol. The molecule has 7 nitrogen and oxygen atoms in total. The molecule has 4 N–H and O–H groups in total. The molecule has 2 amide bonds. The van der Waals surface area contributed by atoms with Gasteiger partial charge in [-0.25, -0.2) is 4.79 Å². The zero-order valence-corrected chi connectivity index (χ0v) is 9.61. The quantitative estimate of drug-likeness (QED) is 0.496. The highest BCUT2D eigenvalue weighted by Crippen LogP contribution is 2.26. The van der Waals surface area contributed by atoms with Gasteiger partial charge in [-0.15, -0.1) is 0 Å². The second-order valence-electron chi connectivity index (χ2n) is 4.53. The van der Waals surface area contributed by atoms with Gasteiger partial charge in [0.2, 0.25) is 0 Å². The third kappa shape index (κ3) is 1.76. The average molecular weight is 253 g/mol. The molecular formula is C11H15N3O4. The Bertz CT molecular complexity index is 423. The maximum absolute atomic E-state index is 11.9. The minimum absolute atomic E-state index is 0.186. The van der Waals surface area contributed by atoms with E-state index in [2.05, 4.69) is 10.6 Å². The smallest absolute Gasteiger partial charge is 0.325 e. The van der Waals surface area contributed by atoms with E-state index < -0.39 is 18.4 Å². The number of fused-ring (bicyclic) bond motifs is 1. The molecule has 4 atom stereocenters. The molecule has 3 rings (SSSR count). The maximum Gasteiger partial charge on any atom is 0.325 e. The summed E-state index contributed by atoms with van der Waals surface area (Å²) in [5, 5.41) is 24.5. The Labute approximate surface area is 104 Å². The molecule has 3 aliphatic heterocycles. The summed E-state index contributed by atoms with van der Waals surface area (Å²) in [5.74, 6) is 0. The van der Waals surface area contributed by atoms with Crippen molar-refractivity contribution in [3.05, 3.63) is 24.0 Å². The number of amides is 2. The average Bonchev–Trinajstić information content (AvgIpc) is 2.93. The van der Waals surface area contributed by atoms with E-state index >= 15 is 0 Å². The Morgan fingerprint density at radius 1 is 1.56 bits per heavy atom. The van der Waals surface area contributed by atoms with Crippen LogP contribution >= 0.6 is 0 Å². The number of rotatable bonds is 2. The molecule has 0 aromatic heterocycles. The molecule has 98 valence electrons. The Hall–Kier alpha value is -1.57. The first-order valence-corrected chi connectivity index (χ1v) is 5.86. The first kappa shape index (κ1) is 11.5. The second kappa shape index (κ2) is 4.27. The fourth-order valence-corrected chi connectivity index (χ4v) is 2.36. The van der Waals surface area contributed by atoms with E-state index in [1.807, 2.05) is 6.08 Å². The minimum atomic E-state index is -0.749. The number of aliphatic hydroxyl groups excluding tert-OH is 2. The molecule has 0 bridgehead atoms. The minimum Gasteiger partial charge on any atom is -0.394 e. The van der Waals surface area contributed by atoms with E-state index in [4.69, 9.17) is 9.84 Å². The third-order valence-corrected chi connectivity index (χ3v) is 3.36. The molecule has 3 aliphatic rings. The van der Waals surface area contributed by atoms with Crippen LogP contribution in [0.3, 0.4) is 0 Å².